The van der Waals surface area contributed by atoms with E-state index in [1.54, 1.807) is 11.9 Å². The Labute approximate surface area is 102 Å². The van der Waals surface area contributed by atoms with E-state index in [0.29, 0.717) is 11.0 Å². The Morgan fingerprint density at radius 2 is 2.38 bits per heavy atom. The minimum atomic E-state index is -0.396. The molecule has 0 saturated heterocycles. The van der Waals surface area contributed by atoms with Crippen LogP contribution in [0.2, 0.25) is 0 Å². The first-order valence-corrected chi connectivity index (χ1v) is 5.57. The van der Waals surface area contributed by atoms with Gasteiger partial charge in [0.15, 0.2) is 11.6 Å². The highest BCUT2D eigenvalue weighted by molar-refractivity contribution is 9.10. The lowest BCUT2D eigenvalue weighted by molar-refractivity contribution is 0.607. The molecular formula is C10H14BrFN4. The quantitative estimate of drug-likeness (QED) is 0.658. The maximum atomic E-state index is 13.5. The van der Waals surface area contributed by atoms with Crippen LogP contribution in [-0.2, 0) is 0 Å². The van der Waals surface area contributed by atoms with E-state index in [9.17, 15) is 4.39 Å². The van der Waals surface area contributed by atoms with Gasteiger partial charge in [0.25, 0.3) is 0 Å². The summed E-state index contributed by atoms with van der Waals surface area (Å²) in [5.74, 6) is -0.178. The fourth-order valence-corrected chi connectivity index (χ4v) is 1.59. The van der Waals surface area contributed by atoms with Crippen molar-refractivity contribution in [1.82, 2.24) is 4.98 Å². The number of hydrogen-bond acceptors (Lipinski definition) is 3. The van der Waals surface area contributed by atoms with Crippen LogP contribution in [0.1, 0.15) is 6.92 Å². The van der Waals surface area contributed by atoms with Crippen molar-refractivity contribution in [2.75, 3.05) is 18.5 Å². The van der Waals surface area contributed by atoms with Gasteiger partial charge in [0.2, 0.25) is 0 Å². The first-order valence-electron chi connectivity index (χ1n) is 4.78. The summed E-state index contributed by atoms with van der Waals surface area (Å²) in [4.78, 5) is 5.63. The number of halogens is 2. The third-order valence-corrected chi connectivity index (χ3v) is 2.66. The van der Waals surface area contributed by atoms with Crippen molar-refractivity contribution in [2.24, 2.45) is 11.7 Å². The van der Waals surface area contributed by atoms with Gasteiger partial charge in [0.1, 0.15) is 0 Å². The Kier molecular flexibility index (Phi) is 4.23. The minimum absolute atomic E-state index is 0.0874. The van der Waals surface area contributed by atoms with Gasteiger partial charge in [-0.25, -0.2) is 9.37 Å². The molecule has 4 nitrogen and oxygen atoms in total. The molecule has 0 aromatic carbocycles. The average Bonchev–Trinajstić information content (AvgIpc) is 2.16. The van der Waals surface area contributed by atoms with Gasteiger partial charge < -0.3 is 10.6 Å². The van der Waals surface area contributed by atoms with Gasteiger partial charge in [-0.1, -0.05) is 6.92 Å². The predicted molar refractivity (Wildman–Crippen MR) is 66.2 cm³/mol. The lowest BCUT2D eigenvalue weighted by Gasteiger charge is -2.22. The van der Waals surface area contributed by atoms with Crippen molar-refractivity contribution in [1.29, 1.82) is 5.41 Å². The molecule has 0 radical (unpaired) electrons. The topological polar surface area (TPSA) is 66.0 Å². The van der Waals surface area contributed by atoms with E-state index in [-0.39, 0.29) is 17.6 Å². The zero-order valence-corrected chi connectivity index (χ0v) is 10.8. The second kappa shape index (κ2) is 5.25. The standard InChI is InChI=1S/C10H14BrFN4/c1-6(9(13)14)5-16(2)10-8(12)3-7(11)4-15-10/h3-4,6H,5H2,1-2H3,(H3,13,14). The van der Waals surface area contributed by atoms with Gasteiger partial charge in [-0.05, 0) is 22.0 Å². The zero-order valence-electron chi connectivity index (χ0n) is 9.17. The van der Waals surface area contributed by atoms with Crippen LogP contribution in [0, 0.1) is 17.1 Å². The van der Waals surface area contributed by atoms with E-state index < -0.39 is 5.82 Å². The largest absolute Gasteiger partial charge is 0.387 e. The van der Waals surface area contributed by atoms with Crippen molar-refractivity contribution < 1.29 is 4.39 Å². The molecule has 0 aliphatic carbocycles. The van der Waals surface area contributed by atoms with Gasteiger partial charge in [0, 0.05) is 30.2 Å². The smallest absolute Gasteiger partial charge is 0.166 e. The number of amidine groups is 1. The normalized spacial score (nSPS) is 12.2. The minimum Gasteiger partial charge on any atom is -0.387 e. The van der Waals surface area contributed by atoms with E-state index in [1.807, 2.05) is 6.92 Å². The van der Waals surface area contributed by atoms with E-state index in [0.717, 1.165) is 0 Å². The number of aromatic nitrogens is 1. The highest BCUT2D eigenvalue weighted by Crippen LogP contribution is 2.19. The third kappa shape index (κ3) is 3.16. The van der Waals surface area contributed by atoms with E-state index >= 15 is 0 Å². The molecule has 0 aliphatic rings. The number of nitrogens with two attached hydrogens (primary N) is 1. The molecule has 16 heavy (non-hydrogen) atoms. The van der Waals surface area contributed by atoms with Crippen LogP contribution in [0.5, 0.6) is 0 Å². The van der Waals surface area contributed by atoms with Gasteiger partial charge in [-0.3, -0.25) is 5.41 Å². The van der Waals surface area contributed by atoms with Gasteiger partial charge in [-0.15, -0.1) is 0 Å². The number of pyridine rings is 1. The van der Waals surface area contributed by atoms with Crippen LogP contribution in [0.3, 0.4) is 0 Å². The number of anilines is 1. The average molecular weight is 289 g/mol. The molecule has 0 bridgehead atoms. The number of nitrogens with zero attached hydrogens (tertiary/aromatic N) is 2. The summed E-state index contributed by atoms with van der Waals surface area (Å²) in [6.07, 6.45) is 1.54. The number of nitrogens with one attached hydrogen (secondary N) is 1. The molecule has 0 fully saturated rings. The molecule has 1 heterocycles. The molecule has 0 amide bonds. The van der Waals surface area contributed by atoms with Crippen molar-refractivity contribution in [3.05, 3.63) is 22.6 Å². The Morgan fingerprint density at radius 1 is 1.75 bits per heavy atom. The van der Waals surface area contributed by atoms with Crippen LogP contribution >= 0.6 is 15.9 Å². The molecule has 0 spiro atoms. The third-order valence-electron chi connectivity index (χ3n) is 2.23. The summed E-state index contributed by atoms with van der Waals surface area (Å²) in [5.41, 5.74) is 5.36. The van der Waals surface area contributed by atoms with Crippen LogP contribution < -0.4 is 10.6 Å². The first kappa shape index (κ1) is 12.9. The lowest BCUT2D eigenvalue weighted by Crippen LogP contribution is -2.32. The van der Waals surface area contributed by atoms with E-state index in [1.165, 1.54) is 12.3 Å². The second-order valence-electron chi connectivity index (χ2n) is 3.70. The zero-order chi connectivity index (χ0) is 12.3. The lowest BCUT2D eigenvalue weighted by atomic mass is 10.1. The van der Waals surface area contributed by atoms with Crippen molar-refractivity contribution in [3.63, 3.8) is 0 Å². The summed E-state index contributed by atoms with van der Waals surface area (Å²) in [6.45, 7) is 2.27. The highest BCUT2D eigenvalue weighted by atomic mass is 79.9. The summed E-state index contributed by atoms with van der Waals surface area (Å²) in [6, 6.07) is 1.36. The highest BCUT2D eigenvalue weighted by Gasteiger charge is 2.14. The van der Waals surface area contributed by atoms with Crippen LogP contribution in [0.4, 0.5) is 10.2 Å². The molecule has 1 aromatic rings. The first-order chi connectivity index (χ1) is 7.41. The number of hydrogen-bond donors (Lipinski definition) is 2. The molecule has 6 heteroatoms. The molecule has 1 unspecified atom stereocenters. The van der Waals surface area contributed by atoms with Crippen molar-refractivity contribution >= 4 is 27.6 Å². The molecule has 1 aromatic heterocycles. The van der Waals surface area contributed by atoms with E-state index in [2.05, 4.69) is 20.9 Å². The molecule has 1 rings (SSSR count). The molecule has 1 atom stereocenters. The summed E-state index contributed by atoms with van der Waals surface area (Å²) in [7, 11) is 1.72. The molecular weight excluding hydrogens is 275 g/mol. The molecule has 88 valence electrons. The number of rotatable bonds is 4. The summed E-state index contributed by atoms with van der Waals surface area (Å²) < 4.78 is 14.1. The van der Waals surface area contributed by atoms with Gasteiger partial charge in [0.05, 0.1) is 5.84 Å². The van der Waals surface area contributed by atoms with Crippen LogP contribution in [-0.4, -0.2) is 24.4 Å². The maximum Gasteiger partial charge on any atom is 0.166 e. The Bertz CT molecular complexity index is 396. The summed E-state index contributed by atoms with van der Waals surface area (Å²) >= 11 is 3.14. The van der Waals surface area contributed by atoms with Crippen LogP contribution in [0.25, 0.3) is 0 Å². The fraction of sp³-hybridized carbons (Fsp3) is 0.400. The van der Waals surface area contributed by atoms with Crippen molar-refractivity contribution in [2.45, 2.75) is 6.92 Å². The summed E-state index contributed by atoms with van der Waals surface area (Å²) in [5, 5.41) is 7.27. The Hall–Kier alpha value is -1.17. The molecule has 0 saturated carbocycles. The van der Waals surface area contributed by atoms with Crippen molar-refractivity contribution in [3.8, 4) is 0 Å². The predicted octanol–water partition coefficient (Wildman–Crippen LogP) is 1.99. The Balaban J connectivity index is 2.80. The second-order valence-corrected chi connectivity index (χ2v) is 4.61. The van der Waals surface area contributed by atoms with E-state index in [4.69, 9.17) is 11.1 Å². The molecule has 3 N–H and O–H groups in total. The molecule has 0 aliphatic heterocycles. The SMILES string of the molecule is CC(CN(C)c1ncc(Br)cc1F)C(=N)N. The van der Waals surface area contributed by atoms with Crippen LogP contribution in [0.15, 0.2) is 16.7 Å². The fourth-order valence-electron chi connectivity index (χ4n) is 1.28. The van der Waals surface area contributed by atoms with Gasteiger partial charge >= 0.3 is 0 Å². The van der Waals surface area contributed by atoms with Gasteiger partial charge in [-0.2, -0.15) is 0 Å². The monoisotopic (exact) mass is 288 g/mol. The Morgan fingerprint density at radius 3 is 2.88 bits per heavy atom. The maximum absolute atomic E-state index is 13.5.